The van der Waals surface area contributed by atoms with Crippen LogP contribution in [-0.2, 0) is 30.4 Å². The molecular formula is C29H38N2O7. The quantitative estimate of drug-likeness (QED) is 0.426. The molecule has 6 atom stereocenters. The van der Waals surface area contributed by atoms with Crippen LogP contribution in [0.25, 0.3) is 0 Å². The summed E-state index contributed by atoms with van der Waals surface area (Å²) in [5.74, 6) is -0.927. The fraction of sp³-hybridized carbons (Fsp3) is 0.517. The molecule has 3 N–H and O–H groups in total. The largest absolute Gasteiger partial charge is 0.453 e. The maximum atomic E-state index is 12.5. The summed E-state index contributed by atoms with van der Waals surface area (Å²) in [7, 11) is 0. The zero-order chi connectivity index (χ0) is 27.2. The molecule has 4 rings (SSSR count). The molecule has 206 valence electrons. The summed E-state index contributed by atoms with van der Waals surface area (Å²) in [6.45, 7) is 6.59. The fourth-order valence-electron chi connectivity index (χ4n) is 5.21. The minimum atomic E-state index is -0.922. The lowest BCUT2D eigenvalue weighted by atomic mass is 9.90. The summed E-state index contributed by atoms with van der Waals surface area (Å²) >= 11 is 0. The van der Waals surface area contributed by atoms with Crippen molar-refractivity contribution < 1.29 is 34.0 Å². The van der Waals surface area contributed by atoms with Crippen LogP contribution in [0.1, 0.15) is 62.7 Å². The molecule has 0 bridgehead atoms. The normalized spacial score (nSPS) is 26.6. The van der Waals surface area contributed by atoms with E-state index < -0.39 is 24.3 Å². The van der Waals surface area contributed by atoms with Gasteiger partial charge in [0.15, 0.2) is 12.4 Å². The lowest BCUT2D eigenvalue weighted by Gasteiger charge is -2.43. The van der Waals surface area contributed by atoms with Crippen molar-refractivity contribution in [1.29, 1.82) is 0 Å². The number of esters is 1. The SMILES string of the molecule is CC(=O)O[C@@H](C)C(=O)Nc1cccc([C@@H]2O[C@H](CN3CCC[C@H]3CO)[C@H](C)[C@H](c3ccc(CO)cc3)O2)c1. The highest BCUT2D eigenvalue weighted by Crippen LogP contribution is 2.42. The van der Waals surface area contributed by atoms with E-state index in [-0.39, 0.29) is 37.4 Å². The van der Waals surface area contributed by atoms with E-state index in [2.05, 4.69) is 17.1 Å². The van der Waals surface area contributed by atoms with Crippen molar-refractivity contribution in [1.82, 2.24) is 4.90 Å². The van der Waals surface area contributed by atoms with Crippen molar-refractivity contribution in [3.05, 3.63) is 65.2 Å². The number of hydrogen-bond donors (Lipinski definition) is 3. The average molecular weight is 527 g/mol. The lowest BCUT2D eigenvalue weighted by Crippen LogP contribution is -2.46. The smallest absolute Gasteiger partial charge is 0.303 e. The van der Waals surface area contributed by atoms with Gasteiger partial charge in [0.1, 0.15) is 0 Å². The van der Waals surface area contributed by atoms with Crippen molar-refractivity contribution in [2.75, 3.05) is 25.0 Å². The van der Waals surface area contributed by atoms with Crippen LogP contribution in [-0.4, -0.2) is 64.9 Å². The molecule has 2 aromatic carbocycles. The number of aliphatic hydroxyl groups excluding tert-OH is 2. The predicted octanol–water partition coefficient (Wildman–Crippen LogP) is 3.32. The van der Waals surface area contributed by atoms with Crippen molar-refractivity contribution in [2.24, 2.45) is 5.92 Å². The zero-order valence-electron chi connectivity index (χ0n) is 22.2. The van der Waals surface area contributed by atoms with E-state index in [0.717, 1.165) is 36.1 Å². The van der Waals surface area contributed by atoms with Crippen LogP contribution in [0.3, 0.4) is 0 Å². The van der Waals surface area contributed by atoms with Gasteiger partial charge in [0.05, 0.1) is 25.4 Å². The van der Waals surface area contributed by atoms with E-state index >= 15 is 0 Å². The van der Waals surface area contributed by atoms with Gasteiger partial charge in [-0.2, -0.15) is 0 Å². The van der Waals surface area contributed by atoms with Crippen LogP contribution in [0, 0.1) is 5.92 Å². The number of aliphatic hydroxyl groups is 2. The molecule has 2 aliphatic heterocycles. The second kappa shape index (κ2) is 12.8. The molecule has 2 fully saturated rings. The van der Waals surface area contributed by atoms with Gasteiger partial charge in [0, 0.05) is 36.7 Å². The molecule has 0 saturated carbocycles. The van der Waals surface area contributed by atoms with E-state index in [1.165, 1.54) is 13.8 Å². The second-order valence-corrected chi connectivity index (χ2v) is 10.2. The summed E-state index contributed by atoms with van der Waals surface area (Å²) in [5.41, 5.74) is 3.11. The Morgan fingerprint density at radius 3 is 2.58 bits per heavy atom. The number of rotatable bonds is 9. The average Bonchev–Trinajstić information content (AvgIpc) is 3.36. The number of hydrogen-bond acceptors (Lipinski definition) is 8. The van der Waals surface area contributed by atoms with Crippen molar-refractivity contribution in [2.45, 2.75) is 70.9 Å². The third-order valence-electron chi connectivity index (χ3n) is 7.39. The number of amides is 1. The third-order valence-corrected chi connectivity index (χ3v) is 7.39. The molecule has 2 heterocycles. The minimum absolute atomic E-state index is 0.0260. The molecule has 2 aromatic rings. The number of nitrogens with one attached hydrogen (secondary N) is 1. The lowest BCUT2D eigenvalue weighted by molar-refractivity contribution is -0.276. The van der Waals surface area contributed by atoms with Gasteiger partial charge in [-0.25, -0.2) is 0 Å². The number of likely N-dealkylation sites (tertiary alicyclic amines) is 1. The summed E-state index contributed by atoms with van der Waals surface area (Å²) < 4.78 is 18.0. The van der Waals surface area contributed by atoms with E-state index in [9.17, 15) is 19.8 Å². The number of anilines is 1. The Balaban J connectivity index is 1.57. The van der Waals surface area contributed by atoms with E-state index in [1.54, 1.807) is 12.1 Å². The second-order valence-electron chi connectivity index (χ2n) is 10.2. The van der Waals surface area contributed by atoms with Crippen LogP contribution >= 0.6 is 0 Å². The zero-order valence-corrected chi connectivity index (χ0v) is 22.2. The molecule has 1 amide bonds. The molecule has 0 aliphatic carbocycles. The van der Waals surface area contributed by atoms with Gasteiger partial charge >= 0.3 is 5.97 Å². The summed E-state index contributed by atoms with van der Waals surface area (Å²) in [5, 5.41) is 22.1. The maximum Gasteiger partial charge on any atom is 0.303 e. The van der Waals surface area contributed by atoms with Crippen molar-refractivity contribution in [3.8, 4) is 0 Å². The number of ether oxygens (including phenoxy) is 3. The molecule has 0 spiro atoms. The molecule has 38 heavy (non-hydrogen) atoms. The summed E-state index contributed by atoms with van der Waals surface area (Å²) in [4.78, 5) is 26.0. The maximum absolute atomic E-state index is 12.5. The first-order valence-electron chi connectivity index (χ1n) is 13.2. The van der Waals surface area contributed by atoms with Gasteiger partial charge in [0.2, 0.25) is 0 Å². The summed E-state index contributed by atoms with van der Waals surface area (Å²) in [6, 6.07) is 15.1. The first-order valence-corrected chi connectivity index (χ1v) is 13.2. The van der Waals surface area contributed by atoms with E-state index in [1.807, 2.05) is 36.4 Å². The Morgan fingerprint density at radius 1 is 1.13 bits per heavy atom. The predicted molar refractivity (Wildman–Crippen MR) is 141 cm³/mol. The van der Waals surface area contributed by atoms with E-state index in [0.29, 0.717) is 12.2 Å². The first kappa shape index (κ1) is 28.2. The highest BCUT2D eigenvalue weighted by atomic mass is 16.7. The molecule has 0 aromatic heterocycles. The molecule has 9 nitrogen and oxygen atoms in total. The van der Waals surface area contributed by atoms with Crippen molar-refractivity contribution >= 4 is 17.6 Å². The number of carbonyl (C=O) groups excluding carboxylic acids is 2. The van der Waals surface area contributed by atoms with Gasteiger partial charge in [-0.3, -0.25) is 14.5 Å². The van der Waals surface area contributed by atoms with Crippen LogP contribution < -0.4 is 5.32 Å². The minimum Gasteiger partial charge on any atom is -0.453 e. The highest BCUT2D eigenvalue weighted by Gasteiger charge is 2.40. The van der Waals surface area contributed by atoms with Gasteiger partial charge in [-0.05, 0) is 49.6 Å². The monoisotopic (exact) mass is 526 g/mol. The fourth-order valence-corrected chi connectivity index (χ4v) is 5.21. The van der Waals surface area contributed by atoms with Crippen LogP contribution in [0.15, 0.2) is 48.5 Å². The van der Waals surface area contributed by atoms with Crippen LogP contribution in [0.5, 0.6) is 0 Å². The topological polar surface area (TPSA) is 118 Å². The van der Waals surface area contributed by atoms with Crippen molar-refractivity contribution in [3.63, 3.8) is 0 Å². The number of nitrogens with zero attached hydrogens (tertiary/aromatic N) is 1. The van der Waals surface area contributed by atoms with Gasteiger partial charge < -0.3 is 29.7 Å². The van der Waals surface area contributed by atoms with E-state index in [4.69, 9.17) is 14.2 Å². The molecule has 2 aliphatic rings. The Hall–Kier alpha value is -2.82. The van der Waals surface area contributed by atoms with Gasteiger partial charge in [-0.15, -0.1) is 0 Å². The van der Waals surface area contributed by atoms with Gasteiger partial charge in [-0.1, -0.05) is 43.3 Å². The number of benzene rings is 2. The molecule has 0 radical (unpaired) electrons. The molecular weight excluding hydrogens is 488 g/mol. The van der Waals surface area contributed by atoms with Crippen LogP contribution in [0.4, 0.5) is 5.69 Å². The van der Waals surface area contributed by atoms with Gasteiger partial charge in [0.25, 0.3) is 5.91 Å². The summed E-state index contributed by atoms with van der Waals surface area (Å²) in [6.07, 6.45) is -0.0101. The Bertz CT molecular complexity index is 1090. The Morgan fingerprint density at radius 2 is 1.89 bits per heavy atom. The highest BCUT2D eigenvalue weighted by molar-refractivity contribution is 5.95. The molecule has 2 saturated heterocycles. The Kier molecular flexibility index (Phi) is 9.51. The van der Waals surface area contributed by atoms with Crippen LogP contribution in [0.2, 0.25) is 0 Å². The third kappa shape index (κ3) is 6.78. The standard InChI is InChI=1S/C29H38N2O7/c1-18-26(15-31-13-5-8-25(31)17-33)37-29(38-27(18)22-11-9-21(16-32)10-12-22)23-6-4-7-24(14-23)30-28(35)19(2)36-20(3)34/h4,6-7,9-12,14,18-19,25-27,29,32-33H,5,8,13,15-17H2,1-3H3,(H,30,35)/t18-,19-,25-,26+,27+,29+/m0/s1. The number of carbonyl (C=O) groups is 2. The molecule has 9 heteroatoms. The Labute approximate surface area is 223 Å². The first-order chi connectivity index (χ1) is 18.3. The molecule has 0 unspecified atom stereocenters.